The van der Waals surface area contributed by atoms with Crippen LogP contribution in [0.4, 0.5) is 13.2 Å². The number of hydrogen-bond donors (Lipinski definition) is 1. The molecule has 138 valence electrons. The first kappa shape index (κ1) is 19.2. The monoisotopic (exact) mass is 368 g/mol. The number of nitrogens with two attached hydrogens (primary N) is 1. The third-order valence-corrected chi connectivity index (χ3v) is 3.57. The molecule has 2 aromatic rings. The average molecular weight is 368 g/mol. The molecule has 1 aromatic heterocycles. The molecule has 0 saturated carbocycles. The van der Waals surface area contributed by atoms with Crippen LogP contribution in [-0.4, -0.2) is 22.9 Å². The van der Waals surface area contributed by atoms with E-state index in [4.69, 9.17) is 10.5 Å². The molecule has 0 aliphatic rings. The number of amides is 1. The molecule has 0 aliphatic heterocycles. The zero-order chi connectivity index (χ0) is 19.5. The predicted molar refractivity (Wildman–Crippen MR) is 86.2 cm³/mol. The second-order valence-corrected chi connectivity index (χ2v) is 5.35. The fraction of sp³-hybridized carbons (Fsp3) is 0.235. The van der Waals surface area contributed by atoms with Crippen molar-refractivity contribution in [1.29, 1.82) is 0 Å². The summed E-state index contributed by atoms with van der Waals surface area (Å²) in [5.74, 6) is -1.21. The number of halogens is 3. The van der Waals surface area contributed by atoms with Gasteiger partial charge in [-0.2, -0.15) is 13.2 Å². The van der Waals surface area contributed by atoms with Crippen LogP contribution in [0.15, 0.2) is 41.2 Å². The van der Waals surface area contributed by atoms with Crippen LogP contribution in [0.5, 0.6) is 5.75 Å². The van der Waals surface area contributed by atoms with Gasteiger partial charge in [0, 0.05) is 0 Å². The highest BCUT2D eigenvalue weighted by atomic mass is 19.4. The average Bonchev–Trinajstić information content (AvgIpc) is 2.55. The van der Waals surface area contributed by atoms with Gasteiger partial charge in [-0.15, -0.1) is 0 Å². The maximum Gasteiger partial charge on any atom is 0.431 e. The Hall–Kier alpha value is -3.10. The molecule has 0 radical (unpaired) electrons. The van der Waals surface area contributed by atoms with Crippen molar-refractivity contribution in [3.05, 3.63) is 63.6 Å². The maximum atomic E-state index is 13.1. The van der Waals surface area contributed by atoms with Crippen LogP contribution in [0.1, 0.15) is 33.3 Å². The Morgan fingerprint density at radius 3 is 2.35 bits per heavy atom. The number of rotatable bonds is 6. The van der Waals surface area contributed by atoms with E-state index >= 15 is 0 Å². The third kappa shape index (κ3) is 4.11. The molecule has 6 nitrogen and oxygen atoms in total. The number of hydrogen-bond acceptors (Lipinski definition) is 4. The van der Waals surface area contributed by atoms with Crippen LogP contribution in [0.2, 0.25) is 0 Å². The molecule has 1 amide bonds. The Morgan fingerprint density at radius 1 is 1.12 bits per heavy atom. The van der Waals surface area contributed by atoms with Crippen LogP contribution in [0.25, 0.3) is 0 Å². The van der Waals surface area contributed by atoms with Crippen molar-refractivity contribution in [2.24, 2.45) is 5.73 Å². The standard InChI is InChI=1S/C17H15F3N2O4/c1-10(23)11-4-2-3-5-13(11)26-9-8-22-14(17(18,19)20)7-6-12(15(21)24)16(22)25/h2-7H,8-9H2,1H3,(H2,21,24). The van der Waals surface area contributed by atoms with Crippen LogP contribution in [0, 0.1) is 0 Å². The largest absolute Gasteiger partial charge is 0.491 e. The van der Waals surface area contributed by atoms with Gasteiger partial charge in [-0.3, -0.25) is 14.4 Å². The van der Waals surface area contributed by atoms with Gasteiger partial charge in [0.1, 0.15) is 23.6 Å². The molecular formula is C17H15F3N2O4. The van der Waals surface area contributed by atoms with Crippen LogP contribution in [0.3, 0.4) is 0 Å². The third-order valence-electron chi connectivity index (χ3n) is 3.57. The molecule has 0 atom stereocenters. The summed E-state index contributed by atoms with van der Waals surface area (Å²) >= 11 is 0. The summed E-state index contributed by atoms with van der Waals surface area (Å²) in [4.78, 5) is 34.9. The first-order chi connectivity index (χ1) is 12.1. The van der Waals surface area contributed by atoms with Crippen molar-refractivity contribution in [3.63, 3.8) is 0 Å². The van der Waals surface area contributed by atoms with Crippen molar-refractivity contribution < 1.29 is 27.5 Å². The zero-order valence-electron chi connectivity index (χ0n) is 13.7. The second-order valence-electron chi connectivity index (χ2n) is 5.35. The lowest BCUT2D eigenvalue weighted by molar-refractivity contribution is -0.144. The zero-order valence-corrected chi connectivity index (χ0v) is 13.7. The lowest BCUT2D eigenvalue weighted by Gasteiger charge is -2.17. The Labute approximate surface area is 146 Å². The van der Waals surface area contributed by atoms with Crippen molar-refractivity contribution in [2.45, 2.75) is 19.6 Å². The number of carbonyl (C=O) groups is 2. The van der Waals surface area contributed by atoms with Crippen molar-refractivity contribution >= 4 is 11.7 Å². The summed E-state index contributed by atoms with van der Waals surface area (Å²) in [7, 11) is 0. The predicted octanol–water partition coefficient (Wildman–Crippen LogP) is 2.25. The quantitative estimate of drug-likeness (QED) is 0.792. The lowest BCUT2D eigenvalue weighted by Crippen LogP contribution is -2.35. The van der Waals surface area contributed by atoms with E-state index in [2.05, 4.69) is 0 Å². The summed E-state index contributed by atoms with van der Waals surface area (Å²) in [5.41, 5.74) is 2.34. The summed E-state index contributed by atoms with van der Waals surface area (Å²) < 4.78 is 45.1. The highest BCUT2D eigenvalue weighted by Gasteiger charge is 2.35. The number of primary amides is 1. The maximum absolute atomic E-state index is 13.1. The molecule has 2 N–H and O–H groups in total. The molecule has 9 heteroatoms. The highest BCUT2D eigenvalue weighted by molar-refractivity contribution is 5.96. The molecule has 0 spiro atoms. The minimum atomic E-state index is -4.80. The molecular weight excluding hydrogens is 353 g/mol. The summed E-state index contributed by atoms with van der Waals surface area (Å²) in [6.45, 7) is 0.515. The van der Waals surface area contributed by atoms with Crippen molar-refractivity contribution in [1.82, 2.24) is 4.57 Å². The molecule has 0 aliphatic carbocycles. The minimum Gasteiger partial charge on any atom is -0.491 e. The summed E-state index contributed by atoms with van der Waals surface area (Å²) in [6.07, 6.45) is -4.80. The van der Waals surface area contributed by atoms with Gasteiger partial charge in [-0.05, 0) is 31.2 Å². The van der Waals surface area contributed by atoms with Gasteiger partial charge >= 0.3 is 6.18 Å². The van der Waals surface area contributed by atoms with E-state index < -0.39 is 35.4 Å². The fourth-order valence-corrected chi connectivity index (χ4v) is 2.37. The van der Waals surface area contributed by atoms with Crippen LogP contribution in [-0.2, 0) is 12.7 Å². The van der Waals surface area contributed by atoms with Crippen LogP contribution < -0.4 is 16.0 Å². The van der Waals surface area contributed by atoms with E-state index in [-0.39, 0.29) is 23.7 Å². The van der Waals surface area contributed by atoms with Gasteiger partial charge in [0.15, 0.2) is 5.78 Å². The molecule has 26 heavy (non-hydrogen) atoms. The number of alkyl halides is 3. The second kappa shape index (κ2) is 7.42. The summed E-state index contributed by atoms with van der Waals surface area (Å²) in [6, 6.07) is 7.58. The molecule has 1 heterocycles. The highest BCUT2D eigenvalue weighted by Crippen LogP contribution is 2.28. The van der Waals surface area contributed by atoms with Gasteiger partial charge < -0.3 is 15.0 Å². The number of aromatic nitrogens is 1. The molecule has 0 bridgehead atoms. The van der Waals surface area contributed by atoms with E-state index in [0.29, 0.717) is 10.6 Å². The number of para-hydroxylation sites is 1. The molecule has 0 saturated heterocycles. The lowest BCUT2D eigenvalue weighted by atomic mass is 10.1. The normalized spacial score (nSPS) is 11.2. The molecule has 0 unspecified atom stereocenters. The number of carbonyl (C=O) groups excluding carboxylic acids is 2. The molecule has 0 fully saturated rings. The first-order valence-corrected chi connectivity index (χ1v) is 7.46. The first-order valence-electron chi connectivity index (χ1n) is 7.46. The fourth-order valence-electron chi connectivity index (χ4n) is 2.37. The number of ketones is 1. The van der Waals surface area contributed by atoms with Gasteiger partial charge in [0.2, 0.25) is 0 Å². The SMILES string of the molecule is CC(=O)c1ccccc1OCCn1c(C(F)(F)F)ccc(C(N)=O)c1=O. The number of nitrogens with zero attached hydrogens (tertiary/aromatic N) is 1. The Morgan fingerprint density at radius 2 is 1.77 bits per heavy atom. The van der Waals surface area contributed by atoms with Crippen molar-refractivity contribution in [2.75, 3.05) is 6.61 Å². The molecule has 2 rings (SSSR count). The van der Waals surface area contributed by atoms with E-state index in [0.717, 1.165) is 6.07 Å². The summed E-state index contributed by atoms with van der Waals surface area (Å²) in [5, 5.41) is 0. The Kier molecular flexibility index (Phi) is 5.49. The minimum absolute atomic E-state index is 0.188. The number of ether oxygens (including phenoxy) is 1. The van der Waals surface area contributed by atoms with E-state index in [9.17, 15) is 27.6 Å². The van der Waals surface area contributed by atoms with E-state index in [1.807, 2.05) is 0 Å². The number of benzene rings is 1. The van der Waals surface area contributed by atoms with Crippen molar-refractivity contribution in [3.8, 4) is 5.75 Å². The van der Waals surface area contributed by atoms with Gasteiger partial charge in [-0.25, -0.2) is 0 Å². The smallest absolute Gasteiger partial charge is 0.431 e. The number of pyridine rings is 1. The van der Waals surface area contributed by atoms with E-state index in [1.54, 1.807) is 12.1 Å². The van der Waals surface area contributed by atoms with Gasteiger partial charge in [0.25, 0.3) is 11.5 Å². The Balaban J connectivity index is 2.32. The molecule has 1 aromatic carbocycles. The van der Waals surface area contributed by atoms with Gasteiger partial charge in [-0.1, -0.05) is 12.1 Å². The van der Waals surface area contributed by atoms with Gasteiger partial charge in [0.05, 0.1) is 12.1 Å². The topological polar surface area (TPSA) is 91.4 Å². The van der Waals surface area contributed by atoms with Crippen LogP contribution >= 0.6 is 0 Å². The van der Waals surface area contributed by atoms with E-state index in [1.165, 1.54) is 19.1 Å². The Bertz CT molecular complexity index is 904. The number of Topliss-reactive ketones (excluding diaryl/α,β-unsaturated/α-hetero) is 1.